The van der Waals surface area contributed by atoms with E-state index in [1.807, 2.05) is 0 Å². The van der Waals surface area contributed by atoms with Gasteiger partial charge in [-0.25, -0.2) is 4.79 Å². The Bertz CT molecular complexity index is 706. The molecule has 1 aromatic heterocycles. The maximum atomic E-state index is 12.4. The van der Waals surface area contributed by atoms with Crippen molar-refractivity contribution in [2.45, 2.75) is 25.1 Å². The van der Waals surface area contributed by atoms with Crippen LogP contribution in [-0.4, -0.2) is 35.4 Å². The highest BCUT2D eigenvalue weighted by Gasteiger charge is 2.38. The number of nitrogens with zero attached hydrogens (tertiary/aromatic N) is 2. The molecule has 0 saturated carbocycles. The quantitative estimate of drug-likeness (QED) is 0.795. The van der Waals surface area contributed by atoms with Crippen LogP contribution >= 0.6 is 0 Å². The molecule has 3 rings (SSSR count). The lowest BCUT2D eigenvalue weighted by molar-refractivity contribution is -0.159. The molecule has 1 atom stereocenters. The molecule has 0 amide bonds. The topological polar surface area (TPSA) is 74.5 Å². The minimum atomic E-state index is -4.70. The summed E-state index contributed by atoms with van der Waals surface area (Å²) >= 11 is 0. The minimum absolute atomic E-state index is 0.0756. The molecule has 1 aliphatic heterocycles. The van der Waals surface area contributed by atoms with Crippen molar-refractivity contribution in [3.05, 3.63) is 35.7 Å². The van der Waals surface area contributed by atoms with Gasteiger partial charge in [-0.1, -0.05) is 17.3 Å². The van der Waals surface area contributed by atoms with Gasteiger partial charge >= 0.3 is 18.0 Å². The Morgan fingerprint density at radius 2 is 2.04 bits per heavy atom. The second kappa shape index (κ2) is 6.60. The van der Waals surface area contributed by atoms with E-state index in [1.165, 1.54) is 24.3 Å². The van der Waals surface area contributed by atoms with Crippen LogP contribution in [0.2, 0.25) is 0 Å². The third kappa shape index (κ3) is 3.73. The van der Waals surface area contributed by atoms with Crippen LogP contribution in [0.25, 0.3) is 11.4 Å². The zero-order valence-corrected chi connectivity index (χ0v) is 12.4. The van der Waals surface area contributed by atoms with E-state index in [1.54, 1.807) is 0 Å². The summed E-state index contributed by atoms with van der Waals surface area (Å²) in [4.78, 5) is 15.2. The van der Waals surface area contributed by atoms with Crippen molar-refractivity contribution in [2.75, 3.05) is 13.2 Å². The molecule has 9 heteroatoms. The van der Waals surface area contributed by atoms with Crippen molar-refractivity contribution in [3.8, 4) is 11.4 Å². The van der Waals surface area contributed by atoms with Crippen LogP contribution in [-0.2, 0) is 15.7 Å². The first kappa shape index (κ1) is 16.4. The number of carbonyl (C=O) groups excluding carboxylic acids is 1. The van der Waals surface area contributed by atoms with E-state index in [-0.39, 0.29) is 24.1 Å². The van der Waals surface area contributed by atoms with Crippen molar-refractivity contribution < 1.29 is 32.0 Å². The predicted octanol–water partition coefficient (Wildman–Crippen LogP) is 3.09. The maximum absolute atomic E-state index is 12.4. The van der Waals surface area contributed by atoms with Crippen molar-refractivity contribution in [1.29, 1.82) is 0 Å². The van der Waals surface area contributed by atoms with E-state index in [0.717, 1.165) is 12.8 Å². The molecule has 0 N–H and O–H groups in total. The second-order valence-electron chi connectivity index (χ2n) is 5.23. The molecule has 6 nitrogen and oxygen atoms in total. The Hall–Kier alpha value is -2.42. The summed E-state index contributed by atoms with van der Waals surface area (Å²) in [6, 6.07) is 5.70. The minimum Gasteiger partial charge on any atom is -0.459 e. The Balaban J connectivity index is 1.64. The number of benzene rings is 1. The summed E-state index contributed by atoms with van der Waals surface area (Å²) < 4.78 is 52.0. The van der Waals surface area contributed by atoms with Crippen LogP contribution in [0.1, 0.15) is 29.1 Å². The van der Waals surface area contributed by atoms with E-state index < -0.39 is 18.0 Å². The average Bonchev–Trinajstić information content (AvgIpc) is 3.23. The molecule has 24 heavy (non-hydrogen) atoms. The van der Waals surface area contributed by atoms with E-state index in [0.29, 0.717) is 12.2 Å². The fraction of sp³-hybridized carbons (Fsp3) is 0.400. The van der Waals surface area contributed by atoms with Gasteiger partial charge in [0.2, 0.25) is 5.82 Å². The second-order valence-corrected chi connectivity index (χ2v) is 5.23. The maximum Gasteiger partial charge on any atom is 0.471 e. The number of esters is 1. The summed E-state index contributed by atoms with van der Waals surface area (Å²) in [6.07, 6.45) is -2.97. The van der Waals surface area contributed by atoms with Gasteiger partial charge in [0, 0.05) is 12.2 Å². The third-order valence-corrected chi connectivity index (χ3v) is 3.47. The average molecular weight is 342 g/mol. The van der Waals surface area contributed by atoms with E-state index in [9.17, 15) is 18.0 Å². The van der Waals surface area contributed by atoms with Crippen molar-refractivity contribution in [2.24, 2.45) is 0 Å². The smallest absolute Gasteiger partial charge is 0.459 e. The molecular weight excluding hydrogens is 329 g/mol. The molecule has 128 valence electrons. The highest BCUT2D eigenvalue weighted by Crippen LogP contribution is 2.29. The predicted molar refractivity (Wildman–Crippen MR) is 74.0 cm³/mol. The van der Waals surface area contributed by atoms with Gasteiger partial charge in [0.15, 0.2) is 0 Å². The van der Waals surface area contributed by atoms with Gasteiger partial charge in [-0.05, 0) is 25.0 Å². The van der Waals surface area contributed by atoms with Crippen LogP contribution in [0, 0.1) is 0 Å². The standard InChI is InChI=1S/C15H13F3N2O4/c16-15(17,18)14-19-12(20-24-14)9-3-5-10(6-4-9)13(21)23-8-11-2-1-7-22-11/h3-6,11H,1-2,7-8H2/t11-/m1/s1. The zero-order valence-electron chi connectivity index (χ0n) is 12.4. The van der Waals surface area contributed by atoms with Gasteiger partial charge < -0.3 is 14.0 Å². The normalized spacial score (nSPS) is 17.9. The number of halogens is 3. The summed E-state index contributed by atoms with van der Waals surface area (Å²) in [5.74, 6) is -2.15. The summed E-state index contributed by atoms with van der Waals surface area (Å²) in [6.45, 7) is 0.849. The lowest BCUT2D eigenvalue weighted by Gasteiger charge is -2.10. The summed E-state index contributed by atoms with van der Waals surface area (Å²) in [7, 11) is 0. The number of rotatable bonds is 4. The van der Waals surface area contributed by atoms with Gasteiger partial charge in [-0.15, -0.1) is 0 Å². The van der Waals surface area contributed by atoms with Crippen molar-refractivity contribution in [1.82, 2.24) is 10.1 Å². The highest BCUT2D eigenvalue weighted by molar-refractivity contribution is 5.89. The van der Waals surface area contributed by atoms with Gasteiger partial charge in [0.1, 0.15) is 6.61 Å². The largest absolute Gasteiger partial charge is 0.471 e. The molecule has 0 radical (unpaired) electrons. The van der Waals surface area contributed by atoms with Crippen LogP contribution in [0.3, 0.4) is 0 Å². The molecule has 1 saturated heterocycles. The van der Waals surface area contributed by atoms with Crippen LogP contribution in [0.15, 0.2) is 28.8 Å². The number of hydrogen-bond acceptors (Lipinski definition) is 6. The van der Waals surface area contributed by atoms with Crippen LogP contribution < -0.4 is 0 Å². The zero-order chi connectivity index (χ0) is 17.2. The Labute approximate surface area is 134 Å². The number of ether oxygens (including phenoxy) is 2. The molecule has 2 aromatic rings. The van der Waals surface area contributed by atoms with Gasteiger partial charge in [0.25, 0.3) is 0 Å². The van der Waals surface area contributed by atoms with E-state index in [2.05, 4.69) is 14.7 Å². The number of alkyl halides is 3. The molecule has 1 fully saturated rings. The Morgan fingerprint density at radius 1 is 1.29 bits per heavy atom. The number of hydrogen-bond donors (Lipinski definition) is 0. The Kier molecular flexibility index (Phi) is 4.52. The highest BCUT2D eigenvalue weighted by atomic mass is 19.4. The fourth-order valence-electron chi connectivity index (χ4n) is 2.24. The SMILES string of the molecule is O=C(OC[C@H]1CCCO1)c1ccc(-c2noc(C(F)(F)F)n2)cc1. The molecule has 1 aliphatic rings. The summed E-state index contributed by atoms with van der Waals surface area (Å²) in [5.41, 5.74) is 0.571. The lowest BCUT2D eigenvalue weighted by Crippen LogP contribution is -2.17. The summed E-state index contributed by atoms with van der Waals surface area (Å²) in [5, 5.41) is 3.28. The third-order valence-electron chi connectivity index (χ3n) is 3.47. The Morgan fingerprint density at radius 3 is 2.62 bits per heavy atom. The first-order valence-electron chi connectivity index (χ1n) is 7.23. The van der Waals surface area contributed by atoms with Gasteiger partial charge in [0.05, 0.1) is 11.7 Å². The first-order valence-corrected chi connectivity index (χ1v) is 7.23. The number of carbonyl (C=O) groups is 1. The molecule has 0 spiro atoms. The fourth-order valence-corrected chi connectivity index (χ4v) is 2.24. The van der Waals surface area contributed by atoms with Crippen molar-refractivity contribution in [3.63, 3.8) is 0 Å². The van der Waals surface area contributed by atoms with Gasteiger partial charge in [-0.2, -0.15) is 18.2 Å². The molecule has 0 unspecified atom stereocenters. The molecule has 2 heterocycles. The molecule has 1 aromatic carbocycles. The van der Waals surface area contributed by atoms with E-state index in [4.69, 9.17) is 9.47 Å². The number of aromatic nitrogens is 2. The lowest BCUT2D eigenvalue weighted by atomic mass is 10.1. The van der Waals surface area contributed by atoms with E-state index >= 15 is 0 Å². The monoisotopic (exact) mass is 342 g/mol. The molecule has 0 bridgehead atoms. The van der Waals surface area contributed by atoms with Gasteiger partial charge in [-0.3, -0.25) is 0 Å². The first-order chi connectivity index (χ1) is 11.4. The molecular formula is C15H13F3N2O4. The van der Waals surface area contributed by atoms with Crippen molar-refractivity contribution >= 4 is 5.97 Å². The van der Waals surface area contributed by atoms with Crippen LogP contribution in [0.4, 0.5) is 13.2 Å². The van der Waals surface area contributed by atoms with Crippen LogP contribution in [0.5, 0.6) is 0 Å². The molecule has 0 aliphatic carbocycles.